The van der Waals surface area contributed by atoms with E-state index in [-0.39, 0.29) is 5.54 Å². The number of hydrogen-bond donors (Lipinski definition) is 1. The third kappa shape index (κ3) is 1.85. The van der Waals surface area contributed by atoms with Crippen molar-refractivity contribution < 1.29 is 4.42 Å². The zero-order valence-corrected chi connectivity index (χ0v) is 12.1. The lowest BCUT2D eigenvalue weighted by Gasteiger charge is -2.20. The Morgan fingerprint density at radius 3 is 2.58 bits per heavy atom. The van der Waals surface area contributed by atoms with Gasteiger partial charge in [0.15, 0.2) is 6.39 Å². The zero-order valence-electron chi connectivity index (χ0n) is 12.1. The summed E-state index contributed by atoms with van der Waals surface area (Å²) in [5, 5.41) is 3.53. The van der Waals surface area contributed by atoms with E-state index < -0.39 is 0 Å². The van der Waals surface area contributed by atoms with Crippen LogP contribution < -0.4 is 5.32 Å². The smallest absolute Gasteiger partial charge is 0.181 e. The van der Waals surface area contributed by atoms with Crippen LogP contribution in [0.4, 0.5) is 0 Å². The number of nitrogens with zero attached hydrogens (tertiary/aromatic N) is 1. The molecule has 3 nitrogen and oxygen atoms in total. The maximum absolute atomic E-state index is 5.76. The summed E-state index contributed by atoms with van der Waals surface area (Å²) in [5.41, 5.74) is 1.28. The van der Waals surface area contributed by atoms with Crippen molar-refractivity contribution in [2.75, 3.05) is 0 Å². The molecule has 2 bridgehead atoms. The minimum Gasteiger partial charge on any atom is -0.448 e. The van der Waals surface area contributed by atoms with Gasteiger partial charge in [-0.25, -0.2) is 4.98 Å². The molecule has 3 aliphatic carbocycles. The van der Waals surface area contributed by atoms with Gasteiger partial charge in [-0.3, -0.25) is 0 Å². The molecule has 0 spiro atoms. The average Bonchev–Trinajstić information content (AvgIpc) is 2.75. The second kappa shape index (κ2) is 3.85. The molecule has 4 unspecified atom stereocenters. The summed E-state index contributed by atoms with van der Waals surface area (Å²) in [4.78, 5) is 4.45. The highest BCUT2D eigenvalue weighted by Gasteiger charge is 2.66. The molecule has 0 amide bonds. The number of nitrogens with one attached hydrogen (secondary N) is 1. The van der Waals surface area contributed by atoms with Gasteiger partial charge in [0.05, 0.1) is 5.69 Å². The van der Waals surface area contributed by atoms with E-state index in [1.54, 1.807) is 6.39 Å². The predicted octanol–water partition coefficient (Wildman–Crippen LogP) is 3.32. The topological polar surface area (TPSA) is 38.1 Å². The molecule has 4 rings (SSSR count). The molecule has 1 aromatic rings. The van der Waals surface area contributed by atoms with Crippen molar-refractivity contribution in [1.82, 2.24) is 10.3 Å². The van der Waals surface area contributed by atoms with Crippen molar-refractivity contribution in [1.29, 1.82) is 0 Å². The highest BCUT2D eigenvalue weighted by atomic mass is 16.3. The first-order chi connectivity index (χ1) is 9.04. The molecule has 1 heterocycles. The molecular formula is C16H24N2O. The van der Waals surface area contributed by atoms with E-state index in [4.69, 9.17) is 4.42 Å². The number of aromatic nitrogens is 1. The Hall–Kier alpha value is -0.830. The monoisotopic (exact) mass is 260 g/mol. The fraction of sp³-hybridized carbons (Fsp3) is 0.812. The van der Waals surface area contributed by atoms with E-state index in [0.717, 1.165) is 35.9 Å². The zero-order chi connectivity index (χ0) is 13.2. The van der Waals surface area contributed by atoms with Gasteiger partial charge in [0, 0.05) is 18.0 Å². The number of oxazole rings is 1. The SMILES string of the molecule is CC(C)(C)NCc1ncoc1C1C2C3CCC(C3)C12. The summed E-state index contributed by atoms with van der Waals surface area (Å²) in [6.07, 6.45) is 6.07. The van der Waals surface area contributed by atoms with Gasteiger partial charge in [-0.1, -0.05) is 0 Å². The molecule has 0 aromatic carbocycles. The Labute approximate surface area is 115 Å². The summed E-state index contributed by atoms with van der Waals surface area (Å²) < 4.78 is 5.76. The third-order valence-electron chi connectivity index (χ3n) is 5.50. The van der Waals surface area contributed by atoms with Crippen LogP contribution in [0.15, 0.2) is 10.8 Å². The molecule has 3 fully saturated rings. The van der Waals surface area contributed by atoms with Crippen LogP contribution in [-0.4, -0.2) is 10.5 Å². The highest BCUT2D eigenvalue weighted by molar-refractivity contribution is 5.29. The van der Waals surface area contributed by atoms with E-state index in [1.807, 2.05) is 0 Å². The maximum atomic E-state index is 5.76. The third-order valence-corrected chi connectivity index (χ3v) is 5.50. The van der Waals surface area contributed by atoms with Gasteiger partial charge in [0.1, 0.15) is 5.76 Å². The summed E-state index contributed by atoms with van der Waals surface area (Å²) in [5.74, 6) is 5.75. The molecule has 1 N–H and O–H groups in total. The summed E-state index contributed by atoms with van der Waals surface area (Å²) in [6.45, 7) is 7.41. The van der Waals surface area contributed by atoms with Crippen molar-refractivity contribution in [3.05, 3.63) is 17.8 Å². The molecular weight excluding hydrogens is 236 g/mol. The number of hydrogen-bond acceptors (Lipinski definition) is 3. The van der Waals surface area contributed by atoms with Crippen LogP contribution in [-0.2, 0) is 6.54 Å². The van der Waals surface area contributed by atoms with Crippen molar-refractivity contribution in [3.8, 4) is 0 Å². The lowest BCUT2D eigenvalue weighted by Crippen LogP contribution is -2.35. The minimum absolute atomic E-state index is 0.134. The van der Waals surface area contributed by atoms with Crippen LogP contribution >= 0.6 is 0 Å². The molecule has 104 valence electrons. The van der Waals surface area contributed by atoms with E-state index >= 15 is 0 Å². The van der Waals surface area contributed by atoms with Crippen LogP contribution in [0.25, 0.3) is 0 Å². The first-order valence-corrected chi connectivity index (χ1v) is 7.72. The standard InChI is InChI=1S/C16H24N2O/c1-16(2,3)18-7-11-15(19-8-17-11)14-12-9-4-5-10(6-9)13(12)14/h8-10,12-14,18H,4-7H2,1-3H3. The Morgan fingerprint density at radius 1 is 1.26 bits per heavy atom. The van der Waals surface area contributed by atoms with Gasteiger partial charge in [0.25, 0.3) is 0 Å². The largest absolute Gasteiger partial charge is 0.448 e. The van der Waals surface area contributed by atoms with E-state index in [0.29, 0.717) is 5.92 Å². The Bertz CT molecular complexity index is 471. The van der Waals surface area contributed by atoms with E-state index in [2.05, 4.69) is 31.1 Å². The maximum Gasteiger partial charge on any atom is 0.181 e. The first kappa shape index (κ1) is 12.0. The van der Waals surface area contributed by atoms with Gasteiger partial charge in [-0.15, -0.1) is 0 Å². The summed E-state index contributed by atoms with van der Waals surface area (Å²) >= 11 is 0. The lowest BCUT2D eigenvalue weighted by molar-refractivity contribution is 0.410. The number of fused-ring (bicyclic) bond motifs is 5. The van der Waals surface area contributed by atoms with Gasteiger partial charge in [0.2, 0.25) is 0 Å². The molecule has 3 saturated carbocycles. The Balaban J connectivity index is 1.50. The molecule has 1 aromatic heterocycles. The van der Waals surface area contributed by atoms with Crippen molar-refractivity contribution in [2.24, 2.45) is 23.7 Å². The Morgan fingerprint density at radius 2 is 1.95 bits per heavy atom. The van der Waals surface area contributed by atoms with E-state index in [9.17, 15) is 0 Å². The molecule has 4 atom stereocenters. The average molecular weight is 260 g/mol. The van der Waals surface area contributed by atoms with Crippen LogP contribution in [0.3, 0.4) is 0 Å². The van der Waals surface area contributed by atoms with Gasteiger partial charge in [-0.05, 0) is 63.7 Å². The molecule has 19 heavy (non-hydrogen) atoms. The van der Waals surface area contributed by atoms with Crippen molar-refractivity contribution >= 4 is 0 Å². The second-order valence-corrected chi connectivity index (χ2v) is 7.78. The lowest BCUT2D eigenvalue weighted by atomic mass is 10.00. The van der Waals surface area contributed by atoms with Gasteiger partial charge >= 0.3 is 0 Å². The first-order valence-electron chi connectivity index (χ1n) is 7.72. The molecule has 0 radical (unpaired) electrons. The van der Waals surface area contributed by atoms with Crippen LogP contribution in [0.1, 0.15) is 57.4 Å². The molecule has 3 heteroatoms. The highest BCUT2D eigenvalue weighted by Crippen LogP contribution is 2.73. The van der Waals surface area contributed by atoms with Crippen LogP contribution in [0.2, 0.25) is 0 Å². The quantitative estimate of drug-likeness (QED) is 0.906. The minimum atomic E-state index is 0.134. The van der Waals surface area contributed by atoms with Crippen LogP contribution in [0.5, 0.6) is 0 Å². The molecule has 0 aliphatic heterocycles. The fourth-order valence-electron chi connectivity index (χ4n) is 4.71. The molecule has 3 aliphatic rings. The fourth-order valence-corrected chi connectivity index (χ4v) is 4.71. The molecule has 0 saturated heterocycles. The second-order valence-electron chi connectivity index (χ2n) is 7.78. The Kier molecular flexibility index (Phi) is 2.42. The summed E-state index contributed by atoms with van der Waals surface area (Å²) in [6, 6.07) is 0. The van der Waals surface area contributed by atoms with E-state index in [1.165, 1.54) is 25.0 Å². The van der Waals surface area contributed by atoms with Crippen LogP contribution in [0, 0.1) is 23.7 Å². The summed E-state index contributed by atoms with van der Waals surface area (Å²) in [7, 11) is 0. The predicted molar refractivity (Wildman–Crippen MR) is 73.6 cm³/mol. The number of rotatable bonds is 3. The van der Waals surface area contributed by atoms with Crippen molar-refractivity contribution in [2.45, 2.75) is 58.0 Å². The van der Waals surface area contributed by atoms with Gasteiger partial charge < -0.3 is 9.73 Å². The van der Waals surface area contributed by atoms with Crippen molar-refractivity contribution in [3.63, 3.8) is 0 Å². The normalized spacial score (nSPS) is 39.6. The van der Waals surface area contributed by atoms with Gasteiger partial charge in [-0.2, -0.15) is 0 Å².